The van der Waals surface area contributed by atoms with Crippen molar-refractivity contribution in [2.45, 2.75) is 51.0 Å². The van der Waals surface area contributed by atoms with Gasteiger partial charge in [0.05, 0.1) is 11.6 Å². The third-order valence-electron chi connectivity index (χ3n) is 5.78. The lowest BCUT2D eigenvalue weighted by molar-refractivity contribution is -0.384. The lowest BCUT2D eigenvalue weighted by Gasteiger charge is -2.21. The molecule has 0 bridgehead atoms. The van der Waals surface area contributed by atoms with Crippen LogP contribution in [0.2, 0.25) is 0 Å². The summed E-state index contributed by atoms with van der Waals surface area (Å²) in [6.07, 6.45) is 6.16. The summed E-state index contributed by atoms with van der Waals surface area (Å²) in [7, 11) is 0. The molecule has 0 saturated heterocycles. The highest BCUT2D eigenvalue weighted by atomic mass is 16.6. The topological polar surface area (TPSA) is 106 Å². The maximum absolute atomic E-state index is 12.2. The number of nitro benzene ring substituents is 1. The summed E-state index contributed by atoms with van der Waals surface area (Å²) >= 11 is 0. The number of benzene rings is 2. The third kappa shape index (κ3) is 4.83. The molecule has 0 aliphatic heterocycles. The van der Waals surface area contributed by atoms with Crippen LogP contribution in [-0.2, 0) is 13.2 Å². The lowest BCUT2D eigenvalue weighted by atomic mass is 10.1. The van der Waals surface area contributed by atoms with Gasteiger partial charge in [-0.3, -0.25) is 19.8 Å². The predicted octanol–water partition coefficient (Wildman–Crippen LogP) is 3.37. The van der Waals surface area contributed by atoms with E-state index in [2.05, 4.69) is 20.3 Å². The SMILES string of the molecule is O=C(NC1CC1)c1ccc(CN(Cn2cnc(-c3ccc([N+](=O)[O-])cc3)n2)C2CC2)cc1. The minimum atomic E-state index is -0.421. The van der Waals surface area contributed by atoms with Crippen LogP contribution in [-0.4, -0.2) is 42.6 Å². The van der Waals surface area contributed by atoms with E-state index in [-0.39, 0.29) is 11.6 Å². The summed E-state index contributed by atoms with van der Waals surface area (Å²) in [5.41, 5.74) is 2.63. The zero-order valence-corrected chi connectivity index (χ0v) is 17.6. The van der Waals surface area contributed by atoms with E-state index in [9.17, 15) is 14.9 Å². The quantitative estimate of drug-likeness (QED) is 0.410. The number of nitrogens with one attached hydrogen (secondary N) is 1. The standard InChI is InChI=1S/C23H24N6O3/c30-23(25-19-7-8-19)18-3-1-16(2-4-18)13-27(20-11-12-20)15-28-14-24-22(26-28)17-5-9-21(10-6-17)29(31)32/h1-6,9-10,14,19-20H,7-8,11-13,15H2,(H,25,30). The van der Waals surface area contributed by atoms with Crippen LogP contribution in [0.15, 0.2) is 54.9 Å². The Balaban J connectivity index is 1.23. The number of hydrogen-bond acceptors (Lipinski definition) is 6. The second-order valence-corrected chi connectivity index (χ2v) is 8.48. The van der Waals surface area contributed by atoms with Crippen LogP contribution in [0.25, 0.3) is 11.4 Å². The van der Waals surface area contributed by atoms with Crippen LogP contribution in [0.3, 0.4) is 0 Å². The van der Waals surface area contributed by atoms with Crippen LogP contribution < -0.4 is 5.32 Å². The lowest BCUT2D eigenvalue weighted by Crippen LogP contribution is -2.28. The molecule has 9 heteroatoms. The van der Waals surface area contributed by atoms with E-state index >= 15 is 0 Å². The summed E-state index contributed by atoms with van der Waals surface area (Å²) in [5.74, 6) is 0.543. The third-order valence-corrected chi connectivity index (χ3v) is 5.78. The smallest absolute Gasteiger partial charge is 0.269 e. The van der Waals surface area contributed by atoms with Gasteiger partial charge in [-0.2, -0.15) is 0 Å². The molecule has 0 atom stereocenters. The zero-order valence-electron chi connectivity index (χ0n) is 17.6. The first-order chi connectivity index (χ1) is 15.5. The van der Waals surface area contributed by atoms with Crippen molar-refractivity contribution in [1.82, 2.24) is 25.0 Å². The van der Waals surface area contributed by atoms with Crippen molar-refractivity contribution >= 4 is 11.6 Å². The highest BCUT2D eigenvalue weighted by molar-refractivity contribution is 5.94. The van der Waals surface area contributed by atoms with Gasteiger partial charge in [0.1, 0.15) is 6.33 Å². The van der Waals surface area contributed by atoms with Crippen molar-refractivity contribution in [3.63, 3.8) is 0 Å². The molecule has 1 amide bonds. The van der Waals surface area contributed by atoms with Gasteiger partial charge in [0, 0.05) is 41.9 Å². The number of non-ortho nitro benzene ring substituents is 1. The highest BCUT2D eigenvalue weighted by Crippen LogP contribution is 2.29. The molecule has 1 heterocycles. The molecule has 2 fully saturated rings. The number of carbonyl (C=O) groups excluding carboxylic acids is 1. The minimum absolute atomic E-state index is 0.000474. The number of carbonyl (C=O) groups is 1. The Hall–Kier alpha value is -3.59. The van der Waals surface area contributed by atoms with Crippen molar-refractivity contribution in [2.24, 2.45) is 0 Å². The van der Waals surface area contributed by atoms with E-state index in [1.807, 2.05) is 24.3 Å². The molecule has 1 N–H and O–H groups in total. The van der Waals surface area contributed by atoms with Gasteiger partial charge < -0.3 is 5.32 Å². The monoisotopic (exact) mass is 432 g/mol. The number of amides is 1. The second-order valence-electron chi connectivity index (χ2n) is 8.48. The molecule has 0 unspecified atom stereocenters. The maximum atomic E-state index is 12.2. The average Bonchev–Trinajstić information content (AvgIpc) is 3.73. The predicted molar refractivity (Wildman–Crippen MR) is 118 cm³/mol. The number of rotatable bonds is 9. The Labute approximate surface area is 185 Å². The summed E-state index contributed by atoms with van der Waals surface area (Å²) in [6, 6.07) is 14.9. The number of nitro groups is 1. The van der Waals surface area contributed by atoms with Gasteiger partial charge in [-0.25, -0.2) is 9.67 Å². The largest absolute Gasteiger partial charge is 0.349 e. The maximum Gasteiger partial charge on any atom is 0.269 e. The Morgan fingerprint density at radius 3 is 2.44 bits per heavy atom. The number of nitrogens with zero attached hydrogens (tertiary/aromatic N) is 5. The summed E-state index contributed by atoms with van der Waals surface area (Å²) < 4.78 is 1.80. The van der Waals surface area contributed by atoms with Crippen molar-refractivity contribution in [3.8, 4) is 11.4 Å². The molecular formula is C23H24N6O3. The van der Waals surface area contributed by atoms with Crippen LogP contribution in [0, 0.1) is 10.1 Å². The Kier molecular flexibility index (Phi) is 5.40. The Bertz CT molecular complexity index is 1120. The first-order valence-corrected chi connectivity index (χ1v) is 10.8. The second kappa shape index (κ2) is 8.51. The molecule has 2 aliphatic rings. The van der Waals surface area contributed by atoms with E-state index in [1.54, 1.807) is 23.1 Å². The van der Waals surface area contributed by atoms with Crippen LogP contribution in [0.4, 0.5) is 5.69 Å². The van der Waals surface area contributed by atoms with E-state index in [4.69, 9.17) is 0 Å². The van der Waals surface area contributed by atoms with E-state index in [0.717, 1.165) is 43.4 Å². The zero-order chi connectivity index (χ0) is 22.1. The molecular weight excluding hydrogens is 408 g/mol. The molecule has 164 valence electrons. The van der Waals surface area contributed by atoms with Crippen molar-refractivity contribution in [3.05, 3.63) is 76.1 Å². The van der Waals surface area contributed by atoms with Gasteiger partial charge in [-0.05, 0) is 55.5 Å². The molecule has 2 saturated carbocycles. The van der Waals surface area contributed by atoms with Gasteiger partial charge in [-0.15, -0.1) is 5.10 Å². The molecule has 2 aromatic carbocycles. The van der Waals surface area contributed by atoms with Gasteiger partial charge in [0.2, 0.25) is 0 Å². The average molecular weight is 432 g/mol. The van der Waals surface area contributed by atoms with Gasteiger partial charge in [0.25, 0.3) is 11.6 Å². The summed E-state index contributed by atoms with van der Waals surface area (Å²) in [4.78, 5) is 29.3. The van der Waals surface area contributed by atoms with Crippen LogP contribution in [0.5, 0.6) is 0 Å². The molecule has 9 nitrogen and oxygen atoms in total. The molecule has 32 heavy (non-hydrogen) atoms. The molecule has 2 aliphatic carbocycles. The molecule has 3 aromatic rings. The fraction of sp³-hybridized carbons (Fsp3) is 0.348. The van der Waals surface area contributed by atoms with Gasteiger partial charge in [-0.1, -0.05) is 12.1 Å². The summed E-state index contributed by atoms with van der Waals surface area (Å²) in [5, 5.41) is 18.4. The van der Waals surface area contributed by atoms with Crippen LogP contribution in [0.1, 0.15) is 41.6 Å². The fourth-order valence-electron chi connectivity index (χ4n) is 3.64. The van der Waals surface area contributed by atoms with Crippen LogP contribution >= 0.6 is 0 Å². The summed E-state index contributed by atoms with van der Waals surface area (Å²) in [6.45, 7) is 1.37. The van der Waals surface area contributed by atoms with E-state index in [0.29, 0.717) is 30.1 Å². The van der Waals surface area contributed by atoms with Crippen molar-refractivity contribution in [1.29, 1.82) is 0 Å². The number of aromatic nitrogens is 3. The van der Waals surface area contributed by atoms with E-state index in [1.165, 1.54) is 12.1 Å². The van der Waals surface area contributed by atoms with Crippen molar-refractivity contribution in [2.75, 3.05) is 0 Å². The normalized spacial score (nSPS) is 15.7. The van der Waals surface area contributed by atoms with Crippen molar-refractivity contribution < 1.29 is 9.72 Å². The molecule has 5 rings (SSSR count). The highest BCUT2D eigenvalue weighted by Gasteiger charge is 2.29. The Morgan fingerprint density at radius 1 is 1.09 bits per heavy atom. The molecule has 0 spiro atoms. The van der Waals surface area contributed by atoms with Gasteiger partial charge in [0.15, 0.2) is 5.82 Å². The molecule has 0 radical (unpaired) electrons. The number of hydrogen-bond donors (Lipinski definition) is 1. The van der Waals surface area contributed by atoms with E-state index < -0.39 is 4.92 Å². The first kappa shape index (κ1) is 20.3. The minimum Gasteiger partial charge on any atom is -0.349 e. The fourth-order valence-corrected chi connectivity index (χ4v) is 3.64. The molecule has 1 aromatic heterocycles. The first-order valence-electron chi connectivity index (χ1n) is 10.8. The Morgan fingerprint density at radius 2 is 1.81 bits per heavy atom. The van der Waals surface area contributed by atoms with Gasteiger partial charge >= 0.3 is 0 Å².